The van der Waals surface area contributed by atoms with Crippen LogP contribution in [-0.2, 0) is 22.6 Å². The summed E-state index contributed by atoms with van der Waals surface area (Å²) in [5, 5.41) is 3.30. The molecule has 4 aromatic rings. The second kappa shape index (κ2) is 9.39. The topological polar surface area (TPSA) is 98.1 Å². The fourth-order valence-electron chi connectivity index (χ4n) is 3.52. The monoisotopic (exact) mass is 463 g/mol. The predicted molar refractivity (Wildman–Crippen MR) is 122 cm³/mol. The number of cyclic esters (lactones) is 1. The number of nitrogens with one attached hydrogen (secondary N) is 1. The van der Waals surface area contributed by atoms with E-state index in [0.717, 1.165) is 28.1 Å². The highest BCUT2D eigenvalue weighted by atomic mass is 32.1. The van der Waals surface area contributed by atoms with Gasteiger partial charge in [0.1, 0.15) is 23.2 Å². The van der Waals surface area contributed by atoms with Crippen molar-refractivity contribution in [3.63, 3.8) is 0 Å². The summed E-state index contributed by atoms with van der Waals surface area (Å²) in [6.45, 7) is 1.32. The molecule has 0 spiro atoms. The van der Waals surface area contributed by atoms with E-state index in [4.69, 9.17) is 9.47 Å². The Kier molecular flexibility index (Phi) is 6.01. The van der Waals surface area contributed by atoms with Crippen LogP contribution >= 0.6 is 11.3 Å². The zero-order valence-electron chi connectivity index (χ0n) is 17.6. The van der Waals surface area contributed by atoms with Gasteiger partial charge in [-0.3, -0.25) is 4.79 Å². The molecule has 168 valence electrons. The minimum absolute atomic E-state index is 0.213. The number of imidazole rings is 1. The van der Waals surface area contributed by atoms with Crippen molar-refractivity contribution in [3.8, 4) is 0 Å². The Balaban J connectivity index is 1.19. The SMILES string of the molecule is O=C(NCc1ccn2ccnc2c1)c1cnc(N2C(=O)OC[C@H]2COCc2ccccc2)s1. The maximum Gasteiger partial charge on any atom is 0.416 e. The van der Waals surface area contributed by atoms with Crippen molar-refractivity contribution in [1.82, 2.24) is 19.7 Å². The lowest BCUT2D eigenvalue weighted by Gasteiger charge is -2.18. The van der Waals surface area contributed by atoms with E-state index in [-0.39, 0.29) is 18.6 Å². The number of hydrogen-bond acceptors (Lipinski definition) is 7. The van der Waals surface area contributed by atoms with E-state index >= 15 is 0 Å². The first-order valence-electron chi connectivity index (χ1n) is 10.4. The minimum Gasteiger partial charge on any atom is -0.447 e. The first-order chi connectivity index (χ1) is 16.2. The third-order valence-electron chi connectivity index (χ3n) is 5.22. The molecule has 0 aliphatic carbocycles. The van der Waals surface area contributed by atoms with Crippen LogP contribution in [-0.4, -0.2) is 45.6 Å². The highest BCUT2D eigenvalue weighted by Crippen LogP contribution is 2.28. The summed E-state index contributed by atoms with van der Waals surface area (Å²) in [6, 6.07) is 13.3. The van der Waals surface area contributed by atoms with Crippen LogP contribution in [0.15, 0.2) is 67.3 Å². The fraction of sp³-hybridized carbons (Fsp3) is 0.217. The lowest BCUT2D eigenvalue weighted by Crippen LogP contribution is -2.36. The first kappa shape index (κ1) is 21.1. The van der Waals surface area contributed by atoms with E-state index in [0.29, 0.717) is 29.8 Å². The van der Waals surface area contributed by atoms with E-state index in [9.17, 15) is 9.59 Å². The lowest BCUT2D eigenvalue weighted by atomic mass is 10.2. The second-order valence-electron chi connectivity index (χ2n) is 7.52. The van der Waals surface area contributed by atoms with Crippen LogP contribution in [0.4, 0.5) is 9.93 Å². The van der Waals surface area contributed by atoms with Gasteiger partial charge in [0, 0.05) is 25.1 Å². The quantitative estimate of drug-likeness (QED) is 0.431. The third-order valence-corrected chi connectivity index (χ3v) is 6.22. The number of pyridine rings is 1. The Morgan fingerprint density at radius 3 is 2.94 bits per heavy atom. The molecule has 1 aromatic carbocycles. The van der Waals surface area contributed by atoms with Gasteiger partial charge in [0.05, 0.1) is 19.4 Å². The van der Waals surface area contributed by atoms with Crippen molar-refractivity contribution < 1.29 is 19.1 Å². The van der Waals surface area contributed by atoms with Gasteiger partial charge in [-0.25, -0.2) is 19.7 Å². The van der Waals surface area contributed by atoms with Gasteiger partial charge >= 0.3 is 6.09 Å². The summed E-state index contributed by atoms with van der Waals surface area (Å²) < 4.78 is 12.9. The molecule has 1 N–H and O–H groups in total. The summed E-state index contributed by atoms with van der Waals surface area (Å²) in [5.41, 5.74) is 2.80. The number of ether oxygens (including phenoxy) is 2. The van der Waals surface area contributed by atoms with E-state index in [1.165, 1.54) is 11.1 Å². The highest BCUT2D eigenvalue weighted by molar-refractivity contribution is 7.17. The molecule has 0 bridgehead atoms. The molecule has 1 fully saturated rings. The molecule has 0 saturated carbocycles. The number of carbonyl (C=O) groups excluding carboxylic acids is 2. The largest absolute Gasteiger partial charge is 0.447 e. The summed E-state index contributed by atoms with van der Waals surface area (Å²) in [5.74, 6) is -0.258. The van der Waals surface area contributed by atoms with Crippen LogP contribution in [0.25, 0.3) is 5.65 Å². The number of hydrogen-bond donors (Lipinski definition) is 1. The number of rotatable bonds is 8. The van der Waals surface area contributed by atoms with Crippen LogP contribution in [0, 0.1) is 0 Å². The standard InChI is InChI=1S/C23H21N5O4S/c29-21(25-11-17-6-8-27-9-7-24-20(27)10-17)19-12-26-22(33-19)28-18(15-32-23(28)30)14-31-13-16-4-2-1-3-5-16/h1-10,12,18H,11,13-15H2,(H,25,29)/t18-/m1/s1. The Morgan fingerprint density at radius 2 is 2.06 bits per heavy atom. The molecule has 9 nitrogen and oxygen atoms in total. The van der Waals surface area contributed by atoms with Crippen molar-refractivity contribution in [1.29, 1.82) is 0 Å². The molecule has 3 aromatic heterocycles. The average molecular weight is 464 g/mol. The van der Waals surface area contributed by atoms with Gasteiger partial charge in [0.15, 0.2) is 5.13 Å². The molecular formula is C23H21N5O4S. The summed E-state index contributed by atoms with van der Waals surface area (Å²) >= 11 is 1.14. The fourth-order valence-corrected chi connectivity index (χ4v) is 4.41. The number of thiazole rings is 1. The molecule has 1 aliphatic heterocycles. The summed E-state index contributed by atoms with van der Waals surface area (Å²) in [4.78, 5) is 35.3. The Hall–Kier alpha value is -3.76. The van der Waals surface area contributed by atoms with Gasteiger partial charge in [-0.1, -0.05) is 41.7 Å². The Bertz CT molecular complexity index is 1270. The number of carbonyl (C=O) groups is 2. The third kappa shape index (κ3) is 4.71. The van der Waals surface area contributed by atoms with Crippen molar-refractivity contribution in [2.45, 2.75) is 19.2 Å². The molecule has 5 rings (SSSR count). The number of fused-ring (bicyclic) bond motifs is 1. The number of aromatic nitrogens is 3. The molecule has 2 amide bonds. The second-order valence-corrected chi connectivity index (χ2v) is 8.53. The smallest absolute Gasteiger partial charge is 0.416 e. The minimum atomic E-state index is -0.488. The molecule has 1 saturated heterocycles. The zero-order valence-corrected chi connectivity index (χ0v) is 18.4. The molecular weight excluding hydrogens is 442 g/mol. The molecule has 0 radical (unpaired) electrons. The van der Waals surface area contributed by atoms with E-state index in [1.807, 2.05) is 59.3 Å². The summed E-state index contributed by atoms with van der Waals surface area (Å²) in [7, 11) is 0. The molecule has 1 atom stereocenters. The molecule has 10 heteroatoms. The van der Waals surface area contributed by atoms with Gasteiger partial charge in [0.25, 0.3) is 5.91 Å². The number of benzene rings is 1. The van der Waals surface area contributed by atoms with Crippen LogP contribution < -0.4 is 10.2 Å². The van der Waals surface area contributed by atoms with Crippen molar-refractivity contribution >= 4 is 34.1 Å². The number of anilines is 1. The van der Waals surface area contributed by atoms with Crippen LogP contribution in [0.3, 0.4) is 0 Å². The summed E-state index contributed by atoms with van der Waals surface area (Å²) in [6.07, 6.45) is 6.46. The van der Waals surface area contributed by atoms with Gasteiger partial charge in [0.2, 0.25) is 0 Å². The highest BCUT2D eigenvalue weighted by Gasteiger charge is 2.36. The van der Waals surface area contributed by atoms with Crippen LogP contribution in [0.1, 0.15) is 20.8 Å². The van der Waals surface area contributed by atoms with E-state index in [1.54, 1.807) is 6.20 Å². The van der Waals surface area contributed by atoms with Gasteiger partial charge in [-0.05, 0) is 23.3 Å². The van der Waals surface area contributed by atoms with E-state index < -0.39 is 6.09 Å². The average Bonchev–Trinajstić information content (AvgIpc) is 3.58. The first-order valence-corrected chi connectivity index (χ1v) is 11.2. The lowest BCUT2D eigenvalue weighted by molar-refractivity contribution is 0.0954. The van der Waals surface area contributed by atoms with Crippen LogP contribution in [0.5, 0.6) is 0 Å². The van der Waals surface area contributed by atoms with Gasteiger partial charge in [-0.15, -0.1) is 0 Å². The van der Waals surface area contributed by atoms with Crippen molar-refractivity contribution in [2.75, 3.05) is 18.1 Å². The molecule has 1 aliphatic rings. The van der Waals surface area contributed by atoms with Crippen LogP contribution in [0.2, 0.25) is 0 Å². The normalized spacial score (nSPS) is 15.7. The molecule has 0 unspecified atom stereocenters. The van der Waals surface area contributed by atoms with E-state index in [2.05, 4.69) is 15.3 Å². The van der Waals surface area contributed by atoms with Crippen molar-refractivity contribution in [2.24, 2.45) is 0 Å². The number of nitrogens with zero attached hydrogens (tertiary/aromatic N) is 4. The zero-order chi connectivity index (χ0) is 22.6. The maximum absolute atomic E-state index is 12.6. The predicted octanol–water partition coefficient (Wildman–Crippen LogP) is 3.26. The maximum atomic E-state index is 12.6. The van der Waals surface area contributed by atoms with Gasteiger partial charge < -0.3 is 19.2 Å². The van der Waals surface area contributed by atoms with Gasteiger partial charge in [-0.2, -0.15) is 0 Å². The molecule has 33 heavy (non-hydrogen) atoms. The Morgan fingerprint density at radius 1 is 1.18 bits per heavy atom. The number of amides is 2. The Labute approximate surface area is 193 Å². The van der Waals surface area contributed by atoms with Crippen molar-refractivity contribution in [3.05, 3.63) is 83.3 Å². The molecule has 4 heterocycles.